The molecule has 1 amide bonds. The number of carbonyl (C=O) groups excluding carboxylic acids is 1. The Morgan fingerprint density at radius 1 is 1.21 bits per heavy atom. The van der Waals surface area contributed by atoms with Crippen LogP contribution in [-0.4, -0.2) is 27.1 Å². The molecule has 0 bridgehead atoms. The van der Waals surface area contributed by atoms with Gasteiger partial charge in [-0.25, -0.2) is 8.42 Å². The Bertz CT molecular complexity index is 854. The van der Waals surface area contributed by atoms with Crippen molar-refractivity contribution in [3.05, 3.63) is 56.6 Å². The molecule has 0 radical (unpaired) electrons. The van der Waals surface area contributed by atoms with E-state index in [1.807, 2.05) is 12.1 Å². The Morgan fingerprint density at radius 3 is 2.42 bits per heavy atom. The van der Waals surface area contributed by atoms with Gasteiger partial charge in [0.25, 0.3) is 0 Å². The first-order valence-corrected chi connectivity index (χ1v) is 10.3. The molecule has 0 aliphatic heterocycles. The molecule has 1 N–H and O–H groups in total. The van der Waals surface area contributed by atoms with Crippen molar-refractivity contribution in [3.8, 4) is 0 Å². The summed E-state index contributed by atoms with van der Waals surface area (Å²) in [5, 5.41) is 3.14. The first-order valence-electron chi connectivity index (χ1n) is 6.97. The van der Waals surface area contributed by atoms with Crippen LogP contribution < -0.4 is 9.62 Å². The Labute approximate surface area is 160 Å². The summed E-state index contributed by atoms with van der Waals surface area (Å²) < 4.78 is 26.4. The van der Waals surface area contributed by atoms with Crippen LogP contribution in [0.25, 0.3) is 0 Å². The lowest BCUT2D eigenvalue weighted by atomic mass is 10.2. The van der Waals surface area contributed by atoms with Gasteiger partial charge in [0.05, 0.1) is 11.9 Å². The van der Waals surface area contributed by atoms with Crippen molar-refractivity contribution < 1.29 is 13.2 Å². The topological polar surface area (TPSA) is 66.5 Å². The first kappa shape index (κ1) is 19.0. The zero-order chi connectivity index (χ0) is 17.9. The van der Waals surface area contributed by atoms with Gasteiger partial charge in [0.15, 0.2) is 0 Å². The summed E-state index contributed by atoms with van der Waals surface area (Å²) in [7, 11) is -3.64. The van der Waals surface area contributed by atoms with Crippen LogP contribution >= 0.6 is 34.2 Å². The minimum atomic E-state index is -3.64. The van der Waals surface area contributed by atoms with Crippen molar-refractivity contribution >= 4 is 61.5 Å². The van der Waals surface area contributed by atoms with E-state index in [0.29, 0.717) is 22.0 Å². The summed E-state index contributed by atoms with van der Waals surface area (Å²) in [6, 6.07) is 12.2. The Kier molecular flexibility index (Phi) is 6.11. The van der Waals surface area contributed by atoms with Crippen molar-refractivity contribution in [2.24, 2.45) is 0 Å². The molecule has 0 aromatic heterocycles. The SMILES string of the molecule is Cc1c(Cl)cccc1N(CC(=O)Nc1ccc(I)cc1)S(C)(=O)=O. The zero-order valence-corrected chi connectivity index (χ0v) is 16.8. The molecule has 8 heteroatoms. The second kappa shape index (κ2) is 7.71. The van der Waals surface area contributed by atoms with Crippen molar-refractivity contribution in [3.63, 3.8) is 0 Å². The summed E-state index contributed by atoms with van der Waals surface area (Å²) in [5.74, 6) is -0.430. The molecule has 0 heterocycles. The molecule has 2 aromatic rings. The summed E-state index contributed by atoms with van der Waals surface area (Å²) in [5.41, 5.74) is 1.60. The lowest BCUT2D eigenvalue weighted by molar-refractivity contribution is -0.114. The molecule has 0 aliphatic carbocycles. The van der Waals surface area contributed by atoms with Crippen LogP contribution in [0.4, 0.5) is 11.4 Å². The van der Waals surface area contributed by atoms with E-state index in [1.165, 1.54) is 0 Å². The lowest BCUT2D eigenvalue weighted by Gasteiger charge is -2.24. The Morgan fingerprint density at radius 2 is 1.83 bits per heavy atom. The highest BCUT2D eigenvalue weighted by atomic mass is 127. The van der Waals surface area contributed by atoms with Crippen LogP contribution in [0.1, 0.15) is 5.56 Å². The van der Waals surface area contributed by atoms with Gasteiger partial charge >= 0.3 is 0 Å². The number of nitrogens with one attached hydrogen (secondary N) is 1. The highest BCUT2D eigenvalue weighted by molar-refractivity contribution is 14.1. The molecule has 24 heavy (non-hydrogen) atoms. The smallest absolute Gasteiger partial charge is 0.245 e. The number of halogens is 2. The van der Waals surface area contributed by atoms with E-state index in [4.69, 9.17) is 11.6 Å². The van der Waals surface area contributed by atoms with Gasteiger partial charge < -0.3 is 5.32 Å². The maximum Gasteiger partial charge on any atom is 0.245 e. The van der Waals surface area contributed by atoms with Gasteiger partial charge in [0, 0.05) is 14.3 Å². The Balaban J connectivity index is 2.25. The molecule has 0 spiro atoms. The highest BCUT2D eigenvalue weighted by Gasteiger charge is 2.23. The monoisotopic (exact) mass is 478 g/mol. The molecule has 0 fully saturated rings. The highest BCUT2D eigenvalue weighted by Crippen LogP contribution is 2.28. The van der Waals surface area contributed by atoms with Crippen LogP contribution in [-0.2, 0) is 14.8 Å². The maximum absolute atomic E-state index is 12.3. The number of carbonyl (C=O) groups is 1. The number of sulfonamides is 1. The van der Waals surface area contributed by atoms with Gasteiger partial charge in [-0.1, -0.05) is 17.7 Å². The third kappa shape index (κ3) is 4.84. The molecule has 128 valence electrons. The van der Waals surface area contributed by atoms with Crippen LogP contribution in [0, 0.1) is 10.5 Å². The van der Waals surface area contributed by atoms with Crippen molar-refractivity contribution in [1.82, 2.24) is 0 Å². The fourth-order valence-electron chi connectivity index (χ4n) is 2.11. The summed E-state index contributed by atoms with van der Waals surface area (Å²) in [6.07, 6.45) is 1.06. The van der Waals surface area contributed by atoms with Gasteiger partial charge in [-0.2, -0.15) is 0 Å². The third-order valence-electron chi connectivity index (χ3n) is 3.32. The minimum absolute atomic E-state index is 0.327. The molecule has 2 rings (SSSR count). The number of benzene rings is 2. The number of hydrogen-bond acceptors (Lipinski definition) is 3. The summed E-state index contributed by atoms with van der Waals surface area (Å²) in [4.78, 5) is 12.3. The standard InChI is InChI=1S/C16H16ClIN2O3S/c1-11-14(17)4-3-5-15(11)20(24(2,22)23)10-16(21)19-13-8-6-12(18)7-9-13/h3-9H,10H2,1-2H3,(H,19,21). The van der Waals surface area contributed by atoms with E-state index in [9.17, 15) is 13.2 Å². The average molecular weight is 479 g/mol. The van der Waals surface area contributed by atoms with Crippen LogP contribution in [0.5, 0.6) is 0 Å². The molecular weight excluding hydrogens is 463 g/mol. The molecule has 0 aliphatic rings. The molecule has 5 nitrogen and oxygen atoms in total. The molecule has 0 atom stereocenters. The summed E-state index contributed by atoms with van der Waals surface area (Å²) >= 11 is 8.23. The van der Waals surface area contributed by atoms with Crippen LogP contribution in [0.15, 0.2) is 42.5 Å². The molecule has 2 aromatic carbocycles. The predicted octanol–water partition coefficient (Wildman–Crippen LogP) is 3.66. The van der Waals surface area contributed by atoms with Gasteiger partial charge in [0.1, 0.15) is 6.54 Å². The minimum Gasteiger partial charge on any atom is -0.325 e. The molecule has 0 unspecified atom stereocenters. The number of nitrogens with zero attached hydrogens (tertiary/aromatic N) is 1. The fraction of sp³-hybridized carbons (Fsp3) is 0.188. The van der Waals surface area contributed by atoms with E-state index in [0.717, 1.165) is 14.1 Å². The van der Waals surface area contributed by atoms with E-state index in [1.54, 1.807) is 37.3 Å². The quantitative estimate of drug-likeness (QED) is 0.667. The van der Waals surface area contributed by atoms with E-state index >= 15 is 0 Å². The van der Waals surface area contributed by atoms with Crippen molar-refractivity contribution in [2.45, 2.75) is 6.92 Å². The third-order valence-corrected chi connectivity index (χ3v) is 5.58. The molecular formula is C16H16ClIN2O3S. The van der Waals surface area contributed by atoms with E-state index < -0.39 is 15.9 Å². The van der Waals surface area contributed by atoms with E-state index in [2.05, 4.69) is 27.9 Å². The lowest BCUT2D eigenvalue weighted by Crippen LogP contribution is -2.37. The second-order valence-electron chi connectivity index (χ2n) is 5.21. The van der Waals surface area contributed by atoms with Gasteiger partial charge in [-0.05, 0) is 71.5 Å². The predicted molar refractivity (Wildman–Crippen MR) is 106 cm³/mol. The van der Waals surface area contributed by atoms with Crippen molar-refractivity contribution in [1.29, 1.82) is 0 Å². The largest absolute Gasteiger partial charge is 0.325 e. The molecule has 0 saturated heterocycles. The normalized spacial score (nSPS) is 11.2. The Hall–Kier alpha value is -1.32. The van der Waals surface area contributed by atoms with Gasteiger partial charge in [-0.15, -0.1) is 0 Å². The summed E-state index contributed by atoms with van der Waals surface area (Å²) in [6.45, 7) is 1.39. The van der Waals surface area contributed by atoms with Gasteiger partial charge in [0.2, 0.25) is 15.9 Å². The van der Waals surface area contributed by atoms with Gasteiger partial charge in [-0.3, -0.25) is 9.10 Å². The van der Waals surface area contributed by atoms with Crippen LogP contribution in [0.2, 0.25) is 5.02 Å². The number of rotatable bonds is 5. The number of hydrogen-bond donors (Lipinski definition) is 1. The number of amides is 1. The van der Waals surface area contributed by atoms with Crippen LogP contribution in [0.3, 0.4) is 0 Å². The van der Waals surface area contributed by atoms with Crippen molar-refractivity contribution in [2.75, 3.05) is 22.4 Å². The zero-order valence-electron chi connectivity index (χ0n) is 13.1. The molecule has 0 saturated carbocycles. The number of anilines is 2. The average Bonchev–Trinajstić information content (AvgIpc) is 2.49. The maximum atomic E-state index is 12.3. The fourth-order valence-corrected chi connectivity index (χ4v) is 3.55. The first-order chi connectivity index (χ1) is 11.2. The second-order valence-corrected chi connectivity index (χ2v) is 8.77. The van der Waals surface area contributed by atoms with E-state index in [-0.39, 0.29) is 6.54 Å².